The Bertz CT molecular complexity index is 585. The van der Waals surface area contributed by atoms with E-state index >= 15 is 0 Å². The van der Waals surface area contributed by atoms with Gasteiger partial charge in [-0.05, 0) is 31.2 Å². The highest BCUT2D eigenvalue weighted by molar-refractivity contribution is 5.78. The van der Waals surface area contributed by atoms with Crippen molar-refractivity contribution in [3.05, 3.63) is 35.9 Å². The summed E-state index contributed by atoms with van der Waals surface area (Å²) < 4.78 is 0. The Morgan fingerprint density at radius 1 is 1.00 bits per heavy atom. The van der Waals surface area contributed by atoms with Gasteiger partial charge in [0.25, 0.3) is 0 Å². The number of benzene rings is 1. The van der Waals surface area contributed by atoms with Gasteiger partial charge in [-0.3, -0.25) is 14.6 Å². The Kier molecular flexibility index (Phi) is 5.60. The molecule has 1 aromatic rings. The minimum absolute atomic E-state index is 0.179. The highest BCUT2D eigenvalue weighted by atomic mass is 16.2. The van der Waals surface area contributed by atoms with Gasteiger partial charge in [-0.25, -0.2) is 0 Å². The summed E-state index contributed by atoms with van der Waals surface area (Å²) >= 11 is 0. The fourth-order valence-corrected chi connectivity index (χ4v) is 5.05. The molecule has 1 heterocycles. The van der Waals surface area contributed by atoms with Crippen LogP contribution in [-0.4, -0.2) is 61.0 Å². The zero-order valence-corrected chi connectivity index (χ0v) is 16.0. The number of carbonyl (C=O) groups is 1. The van der Waals surface area contributed by atoms with Crippen molar-refractivity contribution in [2.75, 3.05) is 39.3 Å². The lowest BCUT2D eigenvalue weighted by Crippen LogP contribution is -2.53. The fraction of sp³-hybridized carbons (Fsp3) is 0.682. The van der Waals surface area contributed by atoms with E-state index in [2.05, 4.69) is 45.4 Å². The van der Waals surface area contributed by atoms with Crippen LogP contribution in [0.4, 0.5) is 0 Å². The Balaban J connectivity index is 1.22. The summed E-state index contributed by atoms with van der Waals surface area (Å²) in [4.78, 5) is 17.5. The molecule has 0 unspecified atom stereocenters. The summed E-state index contributed by atoms with van der Waals surface area (Å²) in [7, 11) is 0. The van der Waals surface area contributed by atoms with Gasteiger partial charge in [-0.15, -0.1) is 0 Å². The molecule has 0 aromatic heterocycles. The third-order valence-corrected chi connectivity index (χ3v) is 6.94. The van der Waals surface area contributed by atoms with E-state index in [1.807, 2.05) is 0 Å². The van der Waals surface area contributed by atoms with Crippen LogP contribution in [0.2, 0.25) is 0 Å². The van der Waals surface area contributed by atoms with Crippen molar-refractivity contribution in [1.82, 2.24) is 15.1 Å². The molecule has 1 aliphatic heterocycles. The van der Waals surface area contributed by atoms with Gasteiger partial charge in [-0.1, -0.05) is 49.6 Å². The van der Waals surface area contributed by atoms with E-state index in [1.165, 1.54) is 50.5 Å². The molecule has 0 atom stereocenters. The van der Waals surface area contributed by atoms with Gasteiger partial charge in [-0.2, -0.15) is 0 Å². The van der Waals surface area contributed by atoms with Gasteiger partial charge in [0.2, 0.25) is 5.91 Å². The number of hydrogen-bond donors (Lipinski definition) is 1. The lowest BCUT2D eigenvalue weighted by molar-refractivity contribution is -0.123. The maximum absolute atomic E-state index is 12.5. The van der Waals surface area contributed by atoms with E-state index < -0.39 is 0 Å². The van der Waals surface area contributed by atoms with Crippen molar-refractivity contribution in [1.29, 1.82) is 0 Å². The molecule has 142 valence electrons. The van der Waals surface area contributed by atoms with E-state index in [4.69, 9.17) is 0 Å². The zero-order chi connectivity index (χ0) is 17.8. The van der Waals surface area contributed by atoms with Gasteiger partial charge in [0, 0.05) is 44.2 Å². The molecule has 1 N–H and O–H groups in total. The first kappa shape index (κ1) is 18.0. The molecular formula is C22H33N3O. The van der Waals surface area contributed by atoms with Crippen molar-refractivity contribution in [3.63, 3.8) is 0 Å². The van der Waals surface area contributed by atoms with Gasteiger partial charge < -0.3 is 5.32 Å². The molecule has 1 amide bonds. The van der Waals surface area contributed by atoms with Gasteiger partial charge in [0.05, 0.1) is 6.54 Å². The molecule has 4 heteroatoms. The third kappa shape index (κ3) is 3.96. The van der Waals surface area contributed by atoms with Crippen molar-refractivity contribution in [3.8, 4) is 0 Å². The molecule has 2 aliphatic carbocycles. The normalized spacial score (nSPS) is 24.3. The lowest BCUT2D eigenvalue weighted by atomic mass is 9.64. The molecule has 1 aromatic carbocycles. The van der Waals surface area contributed by atoms with Crippen LogP contribution in [-0.2, 0) is 10.2 Å². The number of piperazine rings is 1. The van der Waals surface area contributed by atoms with Crippen LogP contribution >= 0.6 is 0 Å². The topological polar surface area (TPSA) is 35.6 Å². The van der Waals surface area contributed by atoms with Crippen LogP contribution in [0.15, 0.2) is 30.3 Å². The second kappa shape index (κ2) is 8.10. The minimum atomic E-state index is 0.179. The van der Waals surface area contributed by atoms with Crippen molar-refractivity contribution >= 4 is 5.91 Å². The first-order chi connectivity index (χ1) is 12.8. The SMILES string of the molecule is O=C(CN1CCN(C2CCCC2)CC1)NCC1(c2ccccc2)CCC1. The average Bonchev–Trinajstić information content (AvgIpc) is 3.17. The summed E-state index contributed by atoms with van der Waals surface area (Å²) in [5, 5.41) is 3.24. The predicted octanol–water partition coefficient (Wildman–Crippen LogP) is 2.78. The Labute approximate surface area is 157 Å². The van der Waals surface area contributed by atoms with Gasteiger partial charge in [0.1, 0.15) is 0 Å². The molecule has 1 saturated heterocycles. The molecule has 4 rings (SSSR count). The Hall–Kier alpha value is -1.39. The highest BCUT2D eigenvalue weighted by Gasteiger charge is 2.38. The number of rotatable bonds is 6. The van der Waals surface area contributed by atoms with Crippen LogP contribution in [0.3, 0.4) is 0 Å². The summed E-state index contributed by atoms with van der Waals surface area (Å²) in [5.41, 5.74) is 1.56. The molecule has 3 aliphatic rings. The fourth-order valence-electron chi connectivity index (χ4n) is 5.05. The van der Waals surface area contributed by atoms with Crippen LogP contribution in [0.25, 0.3) is 0 Å². The van der Waals surface area contributed by atoms with Crippen LogP contribution in [0, 0.1) is 0 Å². The maximum Gasteiger partial charge on any atom is 0.234 e. The standard InChI is InChI=1S/C22H33N3O/c26-21(17-24-13-15-25(16-14-24)20-9-4-5-10-20)23-18-22(11-6-12-22)19-7-2-1-3-8-19/h1-3,7-8,20H,4-6,9-18H2,(H,23,26). The van der Waals surface area contributed by atoms with Crippen LogP contribution in [0.5, 0.6) is 0 Å². The van der Waals surface area contributed by atoms with Gasteiger partial charge in [0.15, 0.2) is 0 Å². The monoisotopic (exact) mass is 355 g/mol. The van der Waals surface area contributed by atoms with Crippen molar-refractivity contribution < 1.29 is 4.79 Å². The maximum atomic E-state index is 12.5. The Morgan fingerprint density at radius 3 is 2.31 bits per heavy atom. The first-order valence-electron chi connectivity index (χ1n) is 10.5. The molecule has 0 bridgehead atoms. The molecule has 2 saturated carbocycles. The van der Waals surface area contributed by atoms with Crippen LogP contribution < -0.4 is 5.32 Å². The predicted molar refractivity (Wildman–Crippen MR) is 105 cm³/mol. The number of nitrogens with one attached hydrogen (secondary N) is 1. The number of nitrogens with zero attached hydrogens (tertiary/aromatic N) is 2. The van der Waals surface area contributed by atoms with E-state index in [-0.39, 0.29) is 11.3 Å². The molecule has 4 nitrogen and oxygen atoms in total. The molecular weight excluding hydrogens is 322 g/mol. The number of amides is 1. The van der Waals surface area contributed by atoms with Crippen LogP contribution in [0.1, 0.15) is 50.5 Å². The molecule has 26 heavy (non-hydrogen) atoms. The Morgan fingerprint density at radius 2 is 1.69 bits per heavy atom. The van der Waals surface area contributed by atoms with Crippen molar-refractivity contribution in [2.45, 2.75) is 56.4 Å². The van der Waals surface area contributed by atoms with E-state index in [9.17, 15) is 4.79 Å². The largest absolute Gasteiger partial charge is 0.354 e. The molecule has 0 radical (unpaired) electrons. The van der Waals surface area contributed by atoms with E-state index in [0.29, 0.717) is 6.54 Å². The lowest BCUT2D eigenvalue weighted by Gasteiger charge is -2.43. The second-order valence-corrected chi connectivity index (χ2v) is 8.53. The molecule has 0 spiro atoms. The quantitative estimate of drug-likeness (QED) is 0.852. The second-order valence-electron chi connectivity index (χ2n) is 8.53. The number of hydrogen-bond acceptors (Lipinski definition) is 3. The van der Waals surface area contributed by atoms with Crippen molar-refractivity contribution in [2.24, 2.45) is 0 Å². The smallest absolute Gasteiger partial charge is 0.234 e. The summed E-state index contributed by atoms with van der Waals surface area (Å²) in [6.45, 7) is 5.68. The summed E-state index contributed by atoms with van der Waals surface area (Å²) in [5.74, 6) is 0.196. The molecule has 3 fully saturated rings. The van der Waals surface area contributed by atoms with E-state index in [0.717, 1.165) is 38.8 Å². The highest BCUT2D eigenvalue weighted by Crippen LogP contribution is 2.43. The van der Waals surface area contributed by atoms with E-state index in [1.54, 1.807) is 0 Å². The number of carbonyl (C=O) groups excluding carboxylic acids is 1. The third-order valence-electron chi connectivity index (χ3n) is 6.94. The van der Waals surface area contributed by atoms with Gasteiger partial charge >= 0.3 is 0 Å². The zero-order valence-electron chi connectivity index (χ0n) is 16.0. The first-order valence-corrected chi connectivity index (χ1v) is 10.5. The summed E-state index contributed by atoms with van der Waals surface area (Å²) in [6, 6.07) is 11.5. The summed E-state index contributed by atoms with van der Waals surface area (Å²) in [6.07, 6.45) is 9.21. The average molecular weight is 356 g/mol. The minimum Gasteiger partial charge on any atom is -0.354 e.